The minimum Gasteiger partial charge on any atom is -0.497 e. The van der Waals surface area contributed by atoms with E-state index in [0.717, 1.165) is 5.75 Å². The van der Waals surface area contributed by atoms with Crippen LogP contribution in [0.1, 0.15) is 45.2 Å². The lowest BCUT2D eigenvalue weighted by atomic mass is 9.97. The molecule has 0 saturated heterocycles. The van der Waals surface area contributed by atoms with Gasteiger partial charge in [0.05, 0.1) is 7.11 Å². The van der Waals surface area contributed by atoms with Crippen molar-refractivity contribution in [1.29, 1.82) is 0 Å². The molecule has 0 saturated carbocycles. The zero-order chi connectivity index (χ0) is 15.1. The van der Waals surface area contributed by atoms with Gasteiger partial charge in [-0.05, 0) is 51.6 Å². The summed E-state index contributed by atoms with van der Waals surface area (Å²) in [5, 5.41) is 3.46. The average molecular weight is 278 g/mol. The van der Waals surface area contributed by atoms with Crippen LogP contribution < -0.4 is 10.1 Å². The van der Waals surface area contributed by atoms with Gasteiger partial charge in [0.25, 0.3) is 0 Å². The van der Waals surface area contributed by atoms with Crippen molar-refractivity contribution < 1.29 is 4.74 Å². The fourth-order valence-electron chi connectivity index (χ4n) is 2.93. The summed E-state index contributed by atoms with van der Waals surface area (Å²) >= 11 is 0. The number of nitrogens with one attached hydrogen (secondary N) is 1. The van der Waals surface area contributed by atoms with Crippen molar-refractivity contribution in [1.82, 2.24) is 10.2 Å². The molecule has 1 rings (SSSR count). The van der Waals surface area contributed by atoms with Gasteiger partial charge >= 0.3 is 0 Å². The van der Waals surface area contributed by atoms with E-state index in [1.165, 1.54) is 18.4 Å². The second-order valence-corrected chi connectivity index (χ2v) is 5.42. The first kappa shape index (κ1) is 17.0. The van der Waals surface area contributed by atoms with Crippen LogP contribution in [0.4, 0.5) is 0 Å². The van der Waals surface area contributed by atoms with Gasteiger partial charge in [0.1, 0.15) is 5.75 Å². The number of benzene rings is 1. The molecule has 0 radical (unpaired) electrons. The molecule has 0 aliphatic carbocycles. The molecule has 114 valence electrons. The lowest BCUT2D eigenvalue weighted by molar-refractivity contribution is 0.144. The summed E-state index contributed by atoms with van der Waals surface area (Å²) in [5.74, 6) is 0.907. The van der Waals surface area contributed by atoms with Gasteiger partial charge in [-0.1, -0.05) is 26.0 Å². The highest BCUT2D eigenvalue weighted by Crippen LogP contribution is 2.24. The van der Waals surface area contributed by atoms with Gasteiger partial charge < -0.3 is 10.1 Å². The third-order valence-corrected chi connectivity index (χ3v) is 4.43. The van der Waals surface area contributed by atoms with E-state index < -0.39 is 0 Å². The number of likely N-dealkylation sites (N-methyl/N-ethyl adjacent to an activating group) is 2. The van der Waals surface area contributed by atoms with Gasteiger partial charge in [0.2, 0.25) is 0 Å². The number of rotatable bonds is 8. The lowest BCUT2D eigenvalue weighted by Gasteiger charge is -2.37. The Balaban J connectivity index is 2.87. The average Bonchev–Trinajstić information content (AvgIpc) is 2.49. The molecule has 0 bridgehead atoms. The quantitative estimate of drug-likeness (QED) is 0.788. The van der Waals surface area contributed by atoms with Gasteiger partial charge in [-0.25, -0.2) is 0 Å². The highest BCUT2D eigenvalue weighted by atomic mass is 16.5. The number of nitrogens with zero attached hydrogens (tertiary/aromatic N) is 1. The van der Waals surface area contributed by atoms with Crippen molar-refractivity contribution >= 4 is 0 Å². The summed E-state index contributed by atoms with van der Waals surface area (Å²) in [6.07, 6.45) is 2.38. The Kier molecular flexibility index (Phi) is 7.03. The Hall–Kier alpha value is -1.06. The summed E-state index contributed by atoms with van der Waals surface area (Å²) in [5.41, 5.74) is 1.30. The van der Waals surface area contributed by atoms with E-state index in [-0.39, 0.29) is 0 Å². The number of methoxy groups -OCH3 is 1. The summed E-state index contributed by atoms with van der Waals surface area (Å²) in [6, 6.07) is 9.77. The Morgan fingerprint density at radius 1 is 1.15 bits per heavy atom. The highest BCUT2D eigenvalue weighted by molar-refractivity contribution is 5.29. The monoisotopic (exact) mass is 278 g/mol. The minimum absolute atomic E-state index is 0.325. The number of hydrogen-bond acceptors (Lipinski definition) is 3. The summed E-state index contributed by atoms with van der Waals surface area (Å²) in [6.45, 7) is 6.82. The van der Waals surface area contributed by atoms with E-state index in [1.807, 2.05) is 19.2 Å². The molecule has 0 heterocycles. The number of hydrogen-bond donors (Lipinski definition) is 1. The van der Waals surface area contributed by atoms with Crippen molar-refractivity contribution in [2.75, 3.05) is 21.2 Å². The standard InChI is InChI=1S/C17H30N2O/c1-7-15(8-2)19(5)13(3)17(18-4)14-9-11-16(20-6)12-10-14/h9-13,15,17-18H,7-8H2,1-6H3. The van der Waals surface area contributed by atoms with Gasteiger partial charge in [-0.2, -0.15) is 0 Å². The van der Waals surface area contributed by atoms with Gasteiger partial charge in [0, 0.05) is 18.1 Å². The molecule has 0 fully saturated rings. The molecule has 0 spiro atoms. The molecule has 3 heteroatoms. The molecule has 0 aliphatic heterocycles. The zero-order valence-corrected chi connectivity index (χ0v) is 13.8. The van der Waals surface area contributed by atoms with Crippen LogP contribution in [0.2, 0.25) is 0 Å². The largest absolute Gasteiger partial charge is 0.497 e. The Morgan fingerprint density at radius 2 is 1.70 bits per heavy atom. The normalized spacial score (nSPS) is 14.6. The van der Waals surface area contributed by atoms with Crippen molar-refractivity contribution in [2.24, 2.45) is 0 Å². The van der Waals surface area contributed by atoms with Crippen LogP contribution >= 0.6 is 0 Å². The van der Waals surface area contributed by atoms with Crippen molar-refractivity contribution in [3.05, 3.63) is 29.8 Å². The second kappa shape index (κ2) is 8.28. The maximum absolute atomic E-state index is 5.23. The maximum Gasteiger partial charge on any atom is 0.118 e. The van der Waals surface area contributed by atoms with Gasteiger partial charge in [-0.15, -0.1) is 0 Å². The summed E-state index contributed by atoms with van der Waals surface area (Å²) in [4.78, 5) is 2.49. The fraction of sp³-hybridized carbons (Fsp3) is 0.647. The van der Waals surface area contributed by atoms with Gasteiger partial charge in [0.15, 0.2) is 0 Å². The Bertz CT molecular complexity index is 373. The molecule has 2 unspecified atom stereocenters. The van der Waals surface area contributed by atoms with Crippen molar-refractivity contribution in [2.45, 2.75) is 51.7 Å². The maximum atomic E-state index is 5.23. The van der Waals surface area contributed by atoms with E-state index in [2.05, 4.69) is 50.2 Å². The van der Waals surface area contributed by atoms with Crippen LogP contribution in [0.25, 0.3) is 0 Å². The first-order chi connectivity index (χ1) is 9.58. The lowest BCUT2D eigenvalue weighted by Crippen LogP contribution is -2.44. The minimum atomic E-state index is 0.325. The van der Waals surface area contributed by atoms with E-state index in [1.54, 1.807) is 7.11 Å². The molecule has 2 atom stereocenters. The first-order valence-electron chi connectivity index (χ1n) is 7.62. The molecule has 1 N–H and O–H groups in total. The Morgan fingerprint density at radius 3 is 2.10 bits per heavy atom. The van der Waals surface area contributed by atoms with E-state index in [0.29, 0.717) is 18.1 Å². The Labute approximate surface area is 124 Å². The molecule has 0 aliphatic rings. The van der Waals surface area contributed by atoms with Crippen LogP contribution in [0.5, 0.6) is 5.75 Å². The molecule has 0 amide bonds. The van der Waals surface area contributed by atoms with E-state index in [9.17, 15) is 0 Å². The molecule has 3 nitrogen and oxygen atoms in total. The van der Waals surface area contributed by atoms with E-state index >= 15 is 0 Å². The van der Waals surface area contributed by atoms with Crippen LogP contribution in [0.3, 0.4) is 0 Å². The van der Waals surface area contributed by atoms with Crippen LogP contribution in [-0.4, -0.2) is 38.2 Å². The first-order valence-corrected chi connectivity index (χ1v) is 7.62. The topological polar surface area (TPSA) is 24.5 Å². The van der Waals surface area contributed by atoms with Crippen LogP contribution in [-0.2, 0) is 0 Å². The van der Waals surface area contributed by atoms with Crippen molar-refractivity contribution in [3.8, 4) is 5.75 Å². The third-order valence-electron chi connectivity index (χ3n) is 4.43. The number of ether oxygens (including phenoxy) is 1. The smallest absolute Gasteiger partial charge is 0.118 e. The second-order valence-electron chi connectivity index (χ2n) is 5.42. The van der Waals surface area contributed by atoms with Crippen molar-refractivity contribution in [3.63, 3.8) is 0 Å². The SMILES string of the molecule is CCC(CC)N(C)C(C)C(NC)c1ccc(OC)cc1. The molecule has 1 aromatic carbocycles. The van der Waals surface area contributed by atoms with Gasteiger partial charge in [-0.3, -0.25) is 4.90 Å². The summed E-state index contributed by atoms with van der Waals surface area (Å²) < 4.78 is 5.23. The third kappa shape index (κ3) is 3.97. The van der Waals surface area contributed by atoms with E-state index in [4.69, 9.17) is 4.74 Å². The summed E-state index contributed by atoms with van der Waals surface area (Å²) in [7, 11) is 5.97. The van der Waals surface area contributed by atoms with Crippen LogP contribution in [0, 0.1) is 0 Å². The predicted molar refractivity (Wildman–Crippen MR) is 86.4 cm³/mol. The predicted octanol–water partition coefficient (Wildman–Crippen LogP) is 3.46. The molecular weight excluding hydrogens is 248 g/mol. The molecular formula is C17H30N2O. The highest BCUT2D eigenvalue weighted by Gasteiger charge is 2.24. The molecule has 0 aromatic heterocycles. The molecule has 1 aromatic rings. The molecule has 20 heavy (non-hydrogen) atoms. The van der Waals surface area contributed by atoms with Crippen LogP contribution in [0.15, 0.2) is 24.3 Å². The fourth-order valence-corrected chi connectivity index (χ4v) is 2.93. The zero-order valence-electron chi connectivity index (χ0n) is 13.8.